The summed E-state index contributed by atoms with van der Waals surface area (Å²) in [6.07, 6.45) is 5.66. The highest BCUT2D eigenvalue weighted by molar-refractivity contribution is 5.96. The van der Waals surface area contributed by atoms with Gasteiger partial charge >= 0.3 is 0 Å². The van der Waals surface area contributed by atoms with Gasteiger partial charge in [0.1, 0.15) is 18.1 Å². The molecule has 1 aliphatic heterocycles. The van der Waals surface area contributed by atoms with Crippen LogP contribution in [0.4, 0.5) is 0 Å². The molecule has 0 radical (unpaired) electrons. The normalized spacial score (nSPS) is 22.0. The summed E-state index contributed by atoms with van der Waals surface area (Å²) in [6, 6.07) is 7.87. The van der Waals surface area contributed by atoms with Crippen LogP contribution in [0.3, 0.4) is 0 Å². The molecule has 0 bridgehead atoms. The van der Waals surface area contributed by atoms with Crippen molar-refractivity contribution in [2.45, 2.75) is 12.5 Å². The first-order valence-corrected chi connectivity index (χ1v) is 5.02. The van der Waals surface area contributed by atoms with Gasteiger partial charge in [-0.2, -0.15) is 0 Å². The average Bonchev–Trinajstić information content (AvgIpc) is 2.67. The summed E-state index contributed by atoms with van der Waals surface area (Å²) < 4.78 is 5.77. The first kappa shape index (κ1) is 8.48. The highest BCUT2D eigenvalue weighted by atomic mass is 16.5. The van der Waals surface area contributed by atoms with Crippen LogP contribution in [0.25, 0.3) is 5.57 Å². The number of fused-ring (bicyclic) bond motifs is 3. The second kappa shape index (κ2) is 3.09. The number of benzene rings is 1. The van der Waals surface area contributed by atoms with Crippen LogP contribution in [0.5, 0.6) is 5.75 Å². The van der Waals surface area contributed by atoms with Crippen molar-refractivity contribution in [2.24, 2.45) is 0 Å². The molecule has 15 heavy (non-hydrogen) atoms. The summed E-state index contributed by atoms with van der Waals surface area (Å²) in [7, 11) is 0. The molecule has 1 atom stereocenters. The smallest absolute Gasteiger partial charge is 0.150 e. The Morgan fingerprint density at radius 1 is 1.33 bits per heavy atom. The van der Waals surface area contributed by atoms with Crippen LogP contribution in [-0.2, 0) is 4.79 Å². The molecule has 1 aliphatic carbocycles. The number of carbonyl (C=O) groups excluding carboxylic acids is 1. The summed E-state index contributed by atoms with van der Waals surface area (Å²) in [5, 5.41) is 0. The first-order chi connectivity index (χ1) is 7.40. The molecule has 0 amide bonds. The summed E-state index contributed by atoms with van der Waals surface area (Å²) in [5.41, 5.74) is 2.85. The predicted octanol–water partition coefficient (Wildman–Crippen LogP) is 2.36. The molecule has 0 saturated carbocycles. The Bertz CT molecular complexity index is 483. The Hall–Kier alpha value is -1.83. The van der Waals surface area contributed by atoms with E-state index in [0.717, 1.165) is 35.2 Å². The van der Waals surface area contributed by atoms with Crippen LogP contribution >= 0.6 is 0 Å². The Morgan fingerprint density at radius 2 is 2.20 bits per heavy atom. The Morgan fingerprint density at radius 3 is 3.07 bits per heavy atom. The van der Waals surface area contributed by atoms with Gasteiger partial charge in [-0.25, -0.2) is 0 Å². The molecule has 3 rings (SSSR count). The molecular weight excluding hydrogens is 188 g/mol. The number of carbonyl (C=O) groups is 1. The molecule has 0 fully saturated rings. The molecular formula is C13H10O2. The van der Waals surface area contributed by atoms with Crippen LogP contribution in [-0.4, -0.2) is 12.4 Å². The number of ether oxygens (including phenoxy) is 1. The van der Waals surface area contributed by atoms with E-state index in [2.05, 4.69) is 0 Å². The number of rotatable bonds is 1. The van der Waals surface area contributed by atoms with Crippen LogP contribution in [0, 0.1) is 0 Å². The molecule has 1 unspecified atom stereocenters. The van der Waals surface area contributed by atoms with Crippen molar-refractivity contribution >= 4 is 11.9 Å². The van der Waals surface area contributed by atoms with E-state index < -0.39 is 0 Å². The minimum absolute atomic E-state index is 0.0348. The maximum Gasteiger partial charge on any atom is 0.150 e. The van der Waals surface area contributed by atoms with Gasteiger partial charge in [-0.15, -0.1) is 0 Å². The molecule has 2 aliphatic rings. The zero-order valence-electron chi connectivity index (χ0n) is 8.14. The number of hydrogen-bond donors (Lipinski definition) is 0. The number of hydrogen-bond acceptors (Lipinski definition) is 2. The predicted molar refractivity (Wildman–Crippen MR) is 57.6 cm³/mol. The van der Waals surface area contributed by atoms with Crippen molar-refractivity contribution in [2.75, 3.05) is 0 Å². The van der Waals surface area contributed by atoms with Crippen molar-refractivity contribution in [3.8, 4) is 5.75 Å². The monoisotopic (exact) mass is 198 g/mol. The molecule has 74 valence electrons. The van der Waals surface area contributed by atoms with Gasteiger partial charge in [0.25, 0.3) is 0 Å². The molecule has 2 nitrogen and oxygen atoms in total. The SMILES string of the molecule is O=CC1=C2c3ccccc3OC2CC=C1. The molecule has 1 aromatic rings. The average molecular weight is 198 g/mol. The van der Waals surface area contributed by atoms with Gasteiger partial charge in [0.2, 0.25) is 0 Å². The number of aldehydes is 1. The van der Waals surface area contributed by atoms with Gasteiger partial charge in [-0.1, -0.05) is 30.4 Å². The molecule has 0 saturated heterocycles. The summed E-state index contributed by atoms with van der Waals surface area (Å²) in [5.74, 6) is 0.889. The molecule has 2 heteroatoms. The van der Waals surface area contributed by atoms with E-state index >= 15 is 0 Å². The van der Waals surface area contributed by atoms with E-state index in [0.29, 0.717) is 0 Å². The fourth-order valence-electron chi connectivity index (χ4n) is 2.20. The lowest BCUT2D eigenvalue weighted by Crippen LogP contribution is -2.14. The molecule has 0 N–H and O–H groups in total. The van der Waals surface area contributed by atoms with Crippen molar-refractivity contribution in [1.29, 1.82) is 0 Å². The lowest BCUT2D eigenvalue weighted by atomic mass is 9.92. The van der Waals surface area contributed by atoms with E-state index in [4.69, 9.17) is 4.74 Å². The van der Waals surface area contributed by atoms with Crippen molar-refractivity contribution in [3.05, 3.63) is 47.6 Å². The van der Waals surface area contributed by atoms with Crippen molar-refractivity contribution in [3.63, 3.8) is 0 Å². The van der Waals surface area contributed by atoms with Gasteiger partial charge in [-0.05, 0) is 6.07 Å². The van der Waals surface area contributed by atoms with Gasteiger partial charge in [0.15, 0.2) is 0 Å². The van der Waals surface area contributed by atoms with E-state index in [9.17, 15) is 4.79 Å². The second-order valence-corrected chi connectivity index (χ2v) is 3.73. The second-order valence-electron chi connectivity index (χ2n) is 3.73. The van der Waals surface area contributed by atoms with Crippen LogP contribution in [0.2, 0.25) is 0 Å². The maximum atomic E-state index is 10.9. The summed E-state index contributed by atoms with van der Waals surface area (Å²) >= 11 is 0. The molecule has 0 spiro atoms. The van der Waals surface area contributed by atoms with Gasteiger partial charge in [0, 0.05) is 23.1 Å². The summed E-state index contributed by atoms with van der Waals surface area (Å²) in [6.45, 7) is 0. The number of allylic oxidation sites excluding steroid dienone is 2. The zero-order valence-corrected chi connectivity index (χ0v) is 8.14. The van der Waals surface area contributed by atoms with Crippen LogP contribution in [0.15, 0.2) is 42.0 Å². The lowest BCUT2D eigenvalue weighted by Gasteiger charge is -2.14. The van der Waals surface area contributed by atoms with Gasteiger partial charge in [0.05, 0.1) is 0 Å². The van der Waals surface area contributed by atoms with Crippen LogP contribution in [0.1, 0.15) is 12.0 Å². The number of para-hydroxylation sites is 1. The highest BCUT2D eigenvalue weighted by Gasteiger charge is 2.31. The Labute approximate surface area is 87.9 Å². The first-order valence-electron chi connectivity index (χ1n) is 5.02. The maximum absolute atomic E-state index is 10.9. The van der Waals surface area contributed by atoms with E-state index in [-0.39, 0.29) is 6.10 Å². The Balaban J connectivity index is 2.24. The zero-order chi connectivity index (χ0) is 10.3. The van der Waals surface area contributed by atoms with Crippen molar-refractivity contribution in [1.82, 2.24) is 0 Å². The third-order valence-electron chi connectivity index (χ3n) is 2.85. The third kappa shape index (κ3) is 1.14. The van der Waals surface area contributed by atoms with E-state index in [1.807, 2.05) is 36.4 Å². The standard InChI is InChI=1S/C13H10O2/c14-8-9-4-3-7-12-13(9)10-5-1-2-6-11(10)15-12/h1-6,8,12H,7H2. The van der Waals surface area contributed by atoms with E-state index in [1.165, 1.54) is 0 Å². The molecule has 1 heterocycles. The molecule has 0 aromatic heterocycles. The highest BCUT2D eigenvalue weighted by Crippen LogP contribution is 2.41. The van der Waals surface area contributed by atoms with Crippen LogP contribution < -0.4 is 4.74 Å². The fourth-order valence-corrected chi connectivity index (χ4v) is 2.20. The minimum Gasteiger partial charge on any atom is -0.485 e. The Kier molecular flexibility index (Phi) is 1.75. The largest absolute Gasteiger partial charge is 0.485 e. The minimum atomic E-state index is 0.0348. The summed E-state index contributed by atoms with van der Waals surface area (Å²) in [4.78, 5) is 10.9. The lowest BCUT2D eigenvalue weighted by molar-refractivity contribution is -0.104. The van der Waals surface area contributed by atoms with E-state index in [1.54, 1.807) is 0 Å². The van der Waals surface area contributed by atoms with Gasteiger partial charge < -0.3 is 4.74 Å². The topological polar surface area (TPSA) is 26.3 Å². The quantitative estimate of drug-likeness (QED) is 0.647. The molecule has 1 aromatic carbocycles. The third-order valence-corrected chi connectivity index (χ3v) is 2.85. The van der Waals surface area contributed by atoms with Crippen molar-refractivity contribution < 1.29 is 9.53 Å². The fraction of sp³-hybridized carbons (Fsp3) is 0.154. The van der Waals surface area contributed by atoms with Gasteiger partial charge in [-0.3, -0.25) is 4.79 Å².